The third-order valence-corrected chi connectivity index (χ3v) is 3.17. The quantitative estimate of drug-likeness (QED) is 0.912. The van der Waals surface area contributed by atoms with Gasteiger partial charge in [-0.05, 0) is 46.1 Å². The number of hydrogen-bond donors (Lipinski definition) is 2. The molecule has 0 saturated heterocycles. The lowest BCUT2D eigenvalue weighted by atomic mass is 10.0. The van der Waals surface area contributed by atoms with E-state index in [1.165, 1.54) is 0 Å². The largest absolute Gasteiger partial charge is 0.481 e. The van der Waals surface area contributed by atoms with Gasteiger partial charge in [0.05, 0.1) is 5.52 Å². The Morgan fingerprint density at radius 2 is 2.12 bits per heavy atom. The number of carbonyl (C=O) groups is 1. The molecule has 0 atom stereocenters. The number of aromatic nitrogens is 1. The van der Waals surface area contributed by atoms with Crippen LogP contribution in [0.5, 0.6) is 0 Å². The van der Waals surface area contributed by atoms with Gasteiger partial charge in [0.2, 0.25) is 0 Å². The zero-order chi connectivity index (χ0) is 12.4. The minimum absolute atomic E-state index is 0.112. The Hall–Kier alpha value is -1.62. The predicted octanol–water partition coefficient (Wildman–Crippen LogP) is 2.60. The lowest BCUT2D eigenvalue weighted by molar-refractivity contribution is -0.136. The van der Waals surface area contributed by atoms with Gasteiger partial charge in [-0.15, -0.1) is 0 Å². The first kappa shape index (κ1) is 11.9. The van der Waals surface area contributed by atoms with Crippen LogP contribution in [0.4, 0.5) is 5.82 Å². The van der Waals surface area contributed by atoms with Crippen molar-refractivity contribution < 1.29 is 9.90 Å². The number of carboxylic acid groups (broad SMARTS) is 1. The van der Waals surface area contributed by atoms with Gasteiger partial charge in [-0.25, -0.2) is 4.98 Å². The van der Waals surface area contributed by atoms with Crippen molar-refractivity contribution in [3.05, 3.63) is 34.3 Å². The number of anilines is 1. The summed E-state index contributed by atoms with van der Waals surface area (Å²) in [6, 6.07) is 7.37. The maximum atomic E-state index is 10.6. The Labute approximate surface area is 107 Å². The first-order valence-electron chi connectivity index (χ1n) is 5.13. The average molecular weight is 295 g/mol. The van der Waals surface area contributed by atoms with E-state index in [0.29, 0.717) is 12.2 Å². The van der Waals surface area contributed by atoms with Crippen molar-refractivity contribution in [2.24, 2.45) is 0 Å². The number of rotatable bonds is 3. The second-order valence-corrected chi connectivity index (χ2v) is 4.59. The van der Waals surface area contributed by atoms with Gasteiger partial charge in [0.15, 0.2) is 0 Å². The number of nitrogen functional groups attached to an aromatic ring is 1. The van der Waals surface area contributed by atoms with Gasteiger partial charge in [0, 0.05) is 16.3 Å². The van der Waals surface area contributed by atoms with Crippen LogP contribution in [-0.4, -0.2) is 16.1 Å². The number of fused-ring (bicyclic) bond motifs is 1. The van der Waals surface area contributed by atoms with Gasteiger partial charge >= 0.3 is 5.97 Å². The smallest absolute Gasteiger partial charge is 0.303 e. The summed E-state index contributed by atoms with van der Waals surface area (Å²) >= 11 is 3.41. The molecular formula is C12H11BrN2O2. The third-order valence-electron chi connectivity index (χ3n) is 2.53. The van der Waals surface area contributed by atoms with Crippen LogP contribution in [0.3, 0.4) is 0 Å². The van der Waals surface area contributed by atoms with E-state index >= 15 is 0 Å². The topological polar surface area (TPSA) is 76.2 Å². The van der Waals surface area contributed by atoms with Crippen LogP contribution in [0.25, 0.3) is 10.9 Å². The minimum atomic E-state index is -0.801. The number of nitrogens with two attached hydrogens (primary N) is 1. The Morgan fingerprint density at radius 3 is 2.82 bits per heavy atom. The summed E-state index contributed by atoms with van der Waals surface area (Å²) in [7, 11) is 0. The van der Waals surface area contributed by atoms with E-state index < -0.39 is 5.97 Å². The van der Waals surface area contributed by atoms with Crippen LogP contribution in [0.15, 0.2) is 28.7 Å². The molecule has 0 amide bonds. The molecule has 1 aromatic heterocycles. The number of nitrogens with zero attached hydrogens (tertiary/aromatic N) is 1. The van der Waals surface area contributed by atoms with Gasteiger partial charge in [0.25, 0.3) is 0 Å². The molecule has 1 aromatic carbocycles. The lowest BCUT2D eigenvalue weighted by Gasteiger charge is -2.07. The van der Waals surface area contributed by atoms with Crippen LogP contribution in [0.1, 0.15) is 12.0 Å². The molecule has 0 radical (unpaired) electrons. The average Bonchev–Trinajstić information content (AvgIpc) is 2.28. The summed E-state index contributed by atoms with van der Waals surface area (Å²) in [5, 5.41) is 9.64. The Morgan fingerprint density at radius 1 is 1.35 bits per heavy atom. The van der Waals surface area contributed by atoms with Crippen LogP contribution < -0.4 is 5.73 Å². The number of pyridine rings is 1. The molecule has 4 nitrogen and oxygen atoms in total. The van der Waals surface area contributed by atoms with Crippen LogP contribution in [0, 0.1) is 0 Å². The van der Waals surface area contributed by atoms with Crippen molar-refractivity contribution in [1.82, 2.24) is 4.98 Å². The molecule has 3 N–H and O–H groups in total. The number of aliphatic carboxylic acids is 1. The number of carboxylic acids is 1. The maximum Gasteiger partial charge on any atom is 0.303 e. The van der Waals surface area contributed by atoms with E-state index in [9.17, 15) is 4.79 Å². The monoisotopic (exact) mass is 294 g/mol. The van der Waals surface area contributed by atoms with E-state index in [1.807, 2.05) is 18.2 Å². The zero-order valence-electron chi connectivity index (χ0n) is 8.98. The van der Waals surface area contributed by atoms with Gasteiger partial charge in [-0.2, -0.15) is 0 Å². The molecule has 0 bridgehead atoms. The SMILES string of the molecule is Nc1ccc2c(CCC(=O)O)ccc(Br)c2n1. The van der Waals surface area contributed by atoms with E-state index in [2.05, 4.69) is 20.9 Å². The molecule has 2 aromatic rings. The van der Waals surface area contributed by atoms with Gasteiger partial charge in [-0.3, -0.25) is 4.79 Å². The fourth-order valence-corrected chi connectivity index (χ4v) is 2.15. The van der Waals surface area contributed by atoms with Gasteiger partial charge in [0.1, 0.15) is 5.82 Å². The summed E-state index contributed by atoms with van der Waals surface area (Å²) in [4.78, 5) is 14.8. The van der Waals surface area contributed by atoms with E-state index in [-0.39, 0.29) is 6.42 Å². The van der Waals surface area contributed by atoms with Crippen molar-refractivity contribution in [2.75, 3.05) is 5.73 Å². The zero-order valence-corrected chi connectivity index (χ0v) is 10.6. The molecule has 0 aliphatic rings. The highest BCUT2D eigenvalue weighted by Gasteiger charge is 2.07. The van der Waals surface area contributed by atoms with E-state index in [4.69, 9.17) is 10.8 Å². The second-order valence-electron chi connectivity index (χ2n) is 3.73. The molecule has 0 spiro atoms. The van der Waals surface area contributed by atoms with Crippen LogP contribution >= 0.6 is 15.9 Å². The summed E-state index contributed by atoms with van der Waals surface area (Å²) < 4.78 is 0.860. The van der Waals surface area contributed by atoms with Crippen LogP contribution in [0.2, 0.25) is 0 Å². The Bertz CT molecular complexity index is 584. The summed E-state index contributed by atoms with van der Waals surface area (Å²) in [6.07, 6.45) is 0.603. The third kappa shape index (κ3) is 2.55. The summed E-state index contributed by atoms with van der Waals surface area (Å²) in [5.41, 5.74) is 7.38. The summed E-state index contributed by atoms with van der Waals surface area (Å²) in [5.74, 6) is -0.349. The number of hydrogen-bond acceptors (Lipinski definition) is 3. The molecule has 1 heterocycles. The fraction of sp³-hybridized carbons (Fsp3) is 0.167. The highest BCUT2D eigenvalue weighted by molar-refractivity contribution is 9.10. The standard InChI is InChI=1S/C12H11BrN2O2/c13-9-4-1-7(2-6-11(16)17)8-3-5-10(14)15-12(8)9/h1,3-5H,2,6H2,(H2,14,15)(H,16,17). The Balaban J connectivity index is 2.50. The van der Waals surface area contributed by atoms with Gasteiger partial charge < -0.3 is 10.8 Å². The van der Waals surface area contributed by atoms with E-state index in [0.717, 1.165) is 20.9 Å². The first-order valence-corrected chi connectivity index (χ1v) is 5.92. The normalized spacial score (nSPS) is 10.6. The molecule has 0 saturated carbocycles. The molecule has 0 aliphatic carbocycles. The summed E-state index contributed by atoms with van der Waals surface area (Å²) in [6.45, 7) is 0. The number of benzene rings is 1. The highest BCUT2D eigenvalue weighted by atomic mass is 79.9. The number of aryl methyl sites for hydroxylation is 1. The molecule has 2 rings (SSSR count). The molecule has 0 fully saturated rings. The molecule has 0 aliphatic heterocycles. The lowest BCUT2D eigenvalue weighted by Crippen LogP contribution is -1.99. The van der Waals surface area contributed by atoms with E-state index in [1.54, 1.807) is 6.07 Å². The first-order chi connectivity index (χ1) is 8.08. The maximum absolute atomic E-state index is 10.6. The van der Waals surface area contributed by atoms with Crippen molar-refractivity contribution >= 4 is 38.6 Å². The predicted molar refractivity (Wildman–Crippen MR) is 69.8 cm³/mol. The van der Waals surface area contributed by atoms with Crippen molar-refractivity contribution in [3.8, 4) is 0 Å². The molecule has 17 heavy (non-hydrogen) atoms. The Kier molecular flexibility index (Phi) is 3.28. The van der Waals surface area contributed by atoms with Crippen molar-refractivity contribution in [3.63, 3.8) is 0 Å². The second kappa shape index (κ2) is 4.71. The highest BCUT2D eigenvalue weighted by Crippen LogP contribution is 2.27. The van der Waals surface area contributed by atoms with Crippen molar-refractivity contribution in [2.45, 2.75) is 12.8 Å². The number of halogens is 1. The fourth-order valence-electron chi connectivity index (χ4n) is 1.72. The van der Waals surface area contributed by atoms with Crippen molar-refractivity contribution in [1.29, 1.82) is 0 Å². The molecular weight excluding hydrogens is 284 g/mol. The molecule has 5 heteroatoms. The minimum Gasteiger partial charge on any atom is -0.481 e. The molecule has 88 valence electrons. The van der Waals surface area contributed by atoms with Gasteiger partial charge in [-0.1, -0.05) is 6.07 Å². The molecule has 0 unspecified atom stereocenters. The van der Waals surface area contributed by atoms with Crippen LogP contribution in [-0.2, 0) is 11.2 Å².